The van der Waals surface area contributed by atoms with Crippen molar-refractivity contribution in [3.63, 3.8) is 0 Å². The Kier molecular flexibility index (Phi) is 7.68. The second-order valence-electron chi connectivity index (χ2n) is 7.49. The van der Waals surface area contributed by atoms with Crippen LogP contribution in [0.15, 0.2) is 47.4 Å². The van der Waals surface area contributed by atoms with Gasteiger partial charge in [-0.25, -0.2) is 8.42 Å². The molecule has 2 aromatic rings. The van der Waals surface area contributed by atoms with Gasteiger partial charge in [0.1, 0.15) is 6.04 Å². The van der Waals surface area contributed by atoms with Crippen molar-refractivity contribution < 1.29 is 31.5 Å². The number of hydrogen-bond acceptors (Lipinski definition) is 5. The van der Waals surface area contributed by atoms with Gasteiger partial charge < -0.3 is 14.8 Å². The predicted molar refractivity (Wildman–Crippen MR) is 114 cm³/mol. The number of nitrogens with one attached hydrogen (secondary N) is 1. The van der Waals surface area contributed by atoms with Crippen molar-refractivity contribution in [2.75, 3.05) is 20.2 Å². The summed E-state index contributed by atoms with van der Waals surface area (Å²) in [6, 6.07) is 10.4. The van der Waals surface area contributed by atoms with E-state index in [1.807, 2.05) is 6.92 Å². The Morgan fingerprint density at radius 2 is 1.91 bits per heavy atom. The number of sulfonamides is 1. The fraction of sp³-hybridized carbons (Fsp3) is 0.409. The lowest BCUT2D eigenvalue weighted by atomic mass is 10.1. The molecule has 0 radical (unpaired) electrons. The van der Waals surface area contributed by atoms with E-state index >= 15 is 0 Å². The highest BCUT2D eigenvalue weighted by Gasteiger charge is 2.39. The van der Waals surface area contributed by atoms with Gasteiger partial charge in [0.15, 0.2) is 11.5 Å². The van der Waals surface area contributed by atoms with E-state index in [1.54, 1.807) is 30.3 Å². The van der Waals surface area contributed by atoms with Crippen molar-refractivity contribution in [2.45, 2.75) is 43.7 Å². The van der Waals surface area contributed by atoms with Gasteiger partial charge >= 0.3 is 6.61 Å². The number of nitrogens with zero attached hydrogens (tertiary/aromatic N) is 1. The summed E-state index contributed by atoms with van der Waals surface area (Å²) in [5.41, 5.74) is 1.61. The zero-order chi connectivity index (χ0) is 23.3. The van der Waals surface area contributed by atoms with E-state index in [4.69, 9.17) is 4.74 Å². The molecule has 1 fully saturated rings. The van der Waals surface area contributed by atoms with Gasteiger partial charge in [-0.15, -0.1) is 0 Å². The molecular formula is C22H26F2N2O5S. The van der Waals surface area contributed by atoms with E-state index in [-0.39, 0.29) is 35.4 Å². The van der Waals surface area contributed by atoms with Gasteiger partial charge in [-0.2, -0.15) is 13.1 Å². The number of carbonyl (C=O) groups excluding carboxylic acids is 1. The van der Waals surface area contributed by atoms with Crippen molar-refractivity contribution >= 4 is 15.9 Å². The van der Waals surface area contributed by atoms with Crippen LogP contribution in [0.5, 0.6) is 11.5 Å². The number of halogens is 2. The summed E-state index contributed by atoms with van der Waals surface area (Å²) in [5.74, 6) is -0.283. The van der Waals surface area contributed by atoms with Gasteiger partial charge in [0.05, 0.1) is 12.0 Å². The minimum absolute atomic E-state index is 0.0857. The minimum atomic E-state index is -3.78. The SMILES string of the molecule is COc1ccc(CCNC(=O)[C@@H]2CCCN2S(=O)(=O)c2ccc(C)cc2)cc1OC(F)F. The molecule has 0 saturated carbocycles. The van der Waals surface area contributed by atoms with E-state index < -0.39 is 22.7 Å². The molecule has 0 aliphatic carbocycles. The zero-order valence-corrected chi connectivity index (χ0v) is 18.7. The lowest BCUT2D eigenvalue weighted by molar-refractivity contribution is -0.124. The lowest BCUT2D eigenvalue weighted by Gasteiger charge is -2.23. The highest BCUT2D eigenvalue weighted by Crippen LogP contribution is 2.30. The number of benzene rings is 2. The third kappa shape index (κ3) is 5.55. The molecule has 0 bridgehead atoms. The Hall–Kier alpha value is -2.72. The van der Waals surface area contributed by atoms with E-state index in [2.05, 4.69) is 10.1 Å². The average molecular weight is 469 g/mol. The van der Waals surface area contributed by atoms with Gasteiger partial charge in [-0.3, -0.25) is 4.79 Å². The maximum atomic E-state index is 13.0. The molecule has 1 N–H and O–H groups in total. The molecule has 1 atom stereocenters. The van der Waals surface area contributed by atoms with Crippen LogP contribution >= 0.6 is 0 Å². The summed E-state index contributed by atoms with van der Waals surface area (Å²) >= 11 is 0. The van der Waals surface area contributed by atoms with Crippen LogP contribution in [-0.2, 0) is 21.2 Å². The second kappa shape index (κ2) is 10.3. The van der Waals surface area contributed by atoms with Gasteiger partial charge in [-0.05, 0) is 56.0 Å². The van der Waals surface area contributed by atoms with E-state index in [0.717, 1.165) is 5.56 Å². The number of alkyl halides is 2. The Balaban J connectivity index is 1.63. The summed E-state index contributed by atoms with van der Waals surface area (Å²) in [7, 11) is -2.43. The topological polar surface area (TPSA) is 84.9 Å². The van der Waals surface area contributed by atoms with Crippen molar-refractivity contribution in [3.05, 3.63) is 53.6 Å². The normalized spacial score (nSPS) is 16.8. The van der Waals surface area contributed by atoms with Crippen molar-refractivity contribution in [1.82, 2.24) is 9.62 Å². The monoisotopic (exact) mass is 468 g/mol. The largest absolute Gasteiger partial charge is 0.493 e. The van der Waals surface area contributed by atoms with Crippen LogP contribution in [0, 0.1) is 6.92 Å². The summed E-state index contributed by atoms with van der Waals surface area (Å²) in [4.78, 5) is 12.9. The number of ether oxygens (including phenoxy) is 2. The van der Waals surface area contributed by atoms with Crippen molar-refractivity contribution in [2.24, 2.45) is 0 Å². The lowest BCUT2D eigenvalue weighted by Crippen LogP contribution is -2.46. The summed E-state index contributed by atoms with van der Waals surface area (Å²) in [6.45, 7) is -0.619. The third-order valence-corrected chi connectivity index (χ3v) is 7.21. The summed E-state index contributed by atoms with van der Waals surface area (Å²) in [5, 5.41) is 2.76. The van der Waals surface area contributed by atoms with Crippen LogP contribution in [0.3, 0.4) is 0 Å². The maximum absolute atomic E-state index is 13.0. The van der Waals surface area contributed by atoms with Crippen LogP contribution in [0.4, 0.5) is 8.78 Å². The molecule has 1 heterocycles. The molecule has 32 heavy (non-hydrogen) atoms. The number of methoxy groups -OCH3 is 1. The number of amides is 1. The first-order valence-corrected chi connectivity index (χ1v) is 11.6. The van der Waals surface area contributed by atoms with Crippen LogP contribution in [0.1, 0.15) is 24.0 Å². The van der Waals surface area contributed by atoms with Crippen LogP contribution < -0.4 is 14.8 Å². The molecule has 10 heteroatoms. The fourth-order valence-electron chi connectivity index (χ4n) is 3.65. The Morgan fingerprint density at radius 1 is 1.19 bits per heavy atom. The molecule has 0 unspecified atom stereocenters. The van der Waals surface area contributed by atoms with Gasteiger partial charge in [0, 0.05) is 13.1 Å². The zero-order valence-electron chi connectivity index (χ0n) is 17.9. The number of aryl methyl sites for hydroxylation is 1. The third-order valence-electron chi connectivity index (χ3n) is 5.29. The molecule has 174 valence electrons. The Bertz CT molecular complexity index is 1040. The molecule has 3 rings (SSSR count). The average Bonchev–Trinajstić information content (AvgIpc) is 3.25. The van der Waals surface area contributed by atoms with Gasteiger partial charge in [-0.1, -0.05) is 23.8 Å². The summed E-state index contributed by atoms with van der Waals surface area (Å²) in [6.07, 6.45) is 1.38. The molecule has 1 amide bonds. The molecule has 7 nitrogen and oxygen atoms in total. The molecule has 1 aliphatic rings. The Morgan fingerprint density at radius 3 is 2.56 bits per heavy atom. The predicted octanol–water partition coefficient (Wildman–Crippen LogP) is 3.12. The first-order chi connectivity index (χ1) is 15.2. The highest BCUT2D eigenvalue weighted by molar-refractivity contribution is 7.89. The van der Waals surface area contributed by atoms with Crippen molar-refractivity contribution in [3.8, 4) is 11.5 Å². The first-order valence-electron chi connectivity index (χ1n) is 10.2. The number of rotatable bonds is 9. The number of carbonyl (C=O) groups is 1. The van der Waals surface area contributed by atoms with Crippen LogP contribution in [-0.4, -0.2) is 51.5 Å². The second-order valence-corrected chi connectivity index (χ2v) is 9.38. The van der Waals surface area contributed by atoms with Gasteiger partial charge in [0.2, 0.25) is 15.9 Å². The minimum Gasteiger partial charge on any atom is -0.493 e. The molecule has 2 aromatic carbocycles. The van der Waals surface area contributed by atoms with E-state index in [1.165, 1.54) is 23.5 Å². The summed E-state index contributed by atoms with van der Waals surface area (Å²) < 4.78 is 61.9. The maximum Gasteiger partial charge on any atom is 0.387 e. The molecule has 0 spiro atoms. The van der Waals surface area contributed by atoms with Gasteiger partial charge in [0.25, 0.3) is 0 Å². The molecular weight excluding hydrogens is 442 g/mol. The molecule has 1 saturated heterocycles. The van der Waals surface area contributed by atoms with E-state index in [0.29, 0.717) is 24.8 Å². The highest BCUT2D eigenvalue weighted by atomic mass is 32.2. The molecule has 1 aliphatic heterocycles. The number of hydrogen-bond donors (Lipinski definition) is 1. The Labute approximate surface area is 186 Å². The smallest absolute Gasteiger partial charge is 0.387 e. The van der Waals surface area contributed by atoms with Crippen LogP contribution in [0.25, 0.3) is 0 Å². The quantitative estimate of drug-likeness (QED) is 0.611. The van der Waals surface area contributed by atoms with Crippen LogP contribution in [0.2, 0.25) is 0 Å². The standard InChI is InChI=1S/C22H26F2N2O5S/c1-15-5-8-17(9-6-15)32(28,29)26-13-3-4-18(26)21(27)25-12-11-16-7-10-19(30-2)20(14-16)31-22(23)24/h5-10,14,18,22H,3-4,11-13H2,1-2H3,(H,25,27)/t18-/m0/s1. The van der Waals surface area contributed by atoms with E-state index in [9.17, 15) is 22.0 Å². The molecule has 0 aromatic heterocycles. The van der Waals surface area contributed by atoms with Crippen molar-refractivity contribution in [1.29, 1.82) is 0 Å². The fourth-order valence-corrected chi connectivity index (χ4v) is 5.30. The first kappa shape index (κ1) is 23.9.